The highest BCUT2D eigenvalue weighted by molar-refractivity contribution is 5.81. The van der Waals surface area contributed by atoms with Gasteiger partial charge in [-0.3, -0.25) is 4.79 Å². The molecule has 0 saturated carbocycles. The van der Waals surface area contributed by atoms with Gasteiger partial charge in [-0.2, -0.15) is 0 Å². The van der Waals surface area contributed by atoms with E-state index < -0.39 is 0 Å². The Morgan fingerprint density at radius 3 is 2.75 bits per heavy atom. The monoisotopic (exact) mass is 225 g/mol. The molecule has 1 aliphatic carbocycles. The van der Waals surface area contributed by atoms with Crippen LogP contribution in [0.25, 0.3) is 0 Å². The Kier molecular flexibility index (Phi) is 5.49. The van der Waals surface area contributed by atoms with Crippen molar-refractivity contribution < 1.29 is 4.79 Å². The van der Waals surface area contributed by atoms with Crippen LogP contribution in [-0.4, -0.2) is 44.0 Å². The van der Waals surface area contributed by atoms with E-state index in [1.54, 1.807) is 0 Å². The summed E-state index contributed by atoms with van der Waals surface area (Å²) in [5.41, 5.74) is 5.70. The Labute approximate surface area is 97.9 Å². The highest BCUT2D eigenvalue weighted by atomic mass is 16.1. The molecule has 0 heterocycles. The van der Waals surface area contributed by atoms with Crippen molar-refractivity contribution in [2.75, 3.05) is 27.2 Å². The van der Waals surface area contributed by atoms with Crippen LogP contribution in [0.3, 0.4) is 0 Å². The molecular formula is C12H23N3O. The highest BCUT2D eigenvalue weighted by Gasteiger charge is 2.21. The van der Waals surface area contributed by atoms with Crippen molar-refractivity contribution in [2.45, 2.75) is 25.3 Å². The predicted molar refractivity (Wildman–Crippen MR) is 66.0 cm³/mol. The van der Waals surface area contributed by atoms with Crippen LogP contribution in [0.2, 0.25) is 0 Å². The Morgan fingerprint density at radius 2 is 2.19 bits per heavy atom. The van der Waals surface area contributed by atoms with Crippen molar-refractivity contribution in [1.82, 2.24) is 10.2 Å². The normalized spacial score (nSPS) is 24.0. The molecule has 0 aromatic rings. The van der Waals surface area contributed by atoms with Gasteiger partial charge in [-0.1, -0.05) is 12.2 Å². The zero-order valence-electron chi connectivity index (χ0n) is 10.3. The number of carbonyl (C=O) groups excluding carboxylic acids is 1. The molecule has 0 saturated heterocycles. The molecular weight excluding hydrogens is 202 g/mol. The summed E-state index contributed by atoms with van der Waals surface area (Å²) < 4.78 is 0. The van der Waals surface area contributed by atoms with E-state index in [2.05, 4.69) is 24.3 Å². The molecule has 4 heteroatoms. The number of unbranched alkanes of at least 4 members (excludes halogenated alkanes) is 1. The fourth-order valence-electron chi connectivity index (χ4n) is 1.82. The average Bonchev–Trinajstić information content (AvgIpc) is 2.63. The molecule has 0 aromatic heterocycles. The summed E-state index contributed by atoms with van der Waals surface area (Å²) in [6.07, 6.45) is 6.74. The zero-order valence-corrected chi connectivity index (χ0v) is 10.3. The third-order valence-electron chi connectivity index (χ3n) is 2.78. The molecule has 0 aromatic carbocycles. The smallest absolute Gasteiger partial charge is 0.226 e. The number of nitrogens with one attached hydrogen (secondary N) is 1. The molecule has 3 N–H and O–H groups in total. The Balaban J connectivity index is 2.05. The van der Waals surface area contributed by atoms with E-state index in [0.29, 0.717) is 0 Å². The summed E-state index contributed by atoms with van der Waals surface area (Å²) in [7, 11) is 4.12. The predicted octanol–water partition coefficient (Wildman–Crippen LogP) is 0.348. The number of hydrogen-bond donors (Lipinski definition) is 2. The van der Waals surface area contributed by atoms with Gasteiger partial charge < -0.3 is 16.0 Å². The SMILES string of the molecule is CN(C)CCCCNC(=O)C1C=CC(N)C1. The van der Waals surface area contributed by atoms with Crippen molar-refractivity contribution in [2.24, 2.45) is 11.7 Å². The molecule has 92 valence electrons. The van der Waals surface area contributed by atoms with Crippen LogP contribution in [0.5, 0.6) is 0 Å². The zero-order chi connectivity index (χ0) is 12.0. The second-order valence-electron chi connectivity index (χ2n) is 4.69. The highest BCUT2D eigenvalue weighted by Crippen LogP contribution is 2.15. The maximum atomic E-state index is 11.7. The third-order valence-corrected chi connectivity index (χ3v) is 2.78. The Hall–Kier alpha value is -0.870. The molecule has 2 atom stereocenters. The van der Waals surface area contributed by atoms with Crippen LogP contribution in [0.15, 0.2) is 12.2 Å². The summed E-state index contributed by atoms with van der Waals surface area (Å²) in [6.45, 7) is 1.84. The van der Waals surface area contributed by atoms with Gasteiger partial charge in [0.1, 0.15) is 0 Å². The first-order valence-electron chi connectivity index (χ1n) is 5.96. The van der Waals surface area contributed by atoms with Gasteiger partial charge in [-0.25, -0.2) is 0 Å². The lowest BCUT2D eigenvalue weighted by atomic mass is 10.1. The summed E-state index contributed by atoms with van der Waals surface area (Å²) in [5, 5.41) is 2.95. The molecule has 0 aliphatic heterocycles. The Bertz CT molecular complexity index is 251. The van der Waals surface area contributed by atoms with E-state index in [-0.39, 0.29) is 17.9 Å². The molecule has 1 rings (SSSR count). The number of amides is 1. The van der Waals surface area contributed by atoms with Gasteiger partial charge in [0.05, 0.1) is 5.92 Å². The van der Waals surface area contributed by atoms with Crippen LogP contribution in [0.1, 0.15) is 19.3 Å². The summed E-state index contributed by atoms with van der Waals surface area (Å²) in [5.74, 6) is 0.109. The molecule has 1 aliphatic rings. The number of carbonyl (C=O) groups is 1. The van der Waals surface area contributed by atoms with Gasteiger partial charge in [0.25, 0.3) is 0 Å². The van der Waals surface area contributed by atoms with Crippen LogP contribution in [-0.2, 0) is 4.79 Å². The first-order chi connectivity index (χ1) is 7.59. The van der Waals surface area contributed by atoms with Crippen LogP contribution >= 0.6 is 0 Å². The first-order valence-corrected chi connectivity index (χ1v) is 5.96. The lowest BCUT2D eigenvalue weighted by Crippen LogP contribution is -2.31. The van der Waals surface area contributed by atoms with E-state index in [0.717, 1.165) is 32.4 Å². The summed E-state index contributed by atoms with van der Waals surface area (Å²) in [4.78, 5) is 13.8. The molecule has 2 unspecified atom stereocenters. The van der Waals surface area contributed by atoms with Crippen LogP contribution in [0.4, 0.5) is 0 Å². The van der Waals surface area contributed by atoms with Crippen LogP contribution in [0, 0.1) is 5.92 Å². The van der Waals surface area contributed by atoms with E-state index in [1.165, 1.54) is 0 Å². The van der Waals surface area contributed by atoms with Crippen molar-refractivity contribution in [1.29, 1.82) is 0 Å². The molecule has 16 heavy (non-hydrogen) atoms. The topological polar surface area (TPSA) is 58.4 Å². The van der Waals surface area contributed by atoms with Gasteiger partial charge in [0, 0.05) is 12.6 Å². The quantitative estimate of drug-likeness (QED) is 0.506. The van der Waals surface area contributed by atoms with E-state index in [1.807, 2.05) is 12.2 Å². The van der Waals surface area contributed by atoms with E-state index >= 15 is 0 Å². The lowest BCUT2D eigenvalue weighted by Gasteiger charge is -2.11. The molecule has 0 spiro atoms. The second kappa shape index (κ2) is 6.66. The van der Waals surface area contributed by atoms with Gasteiger partial charge in [-0.05, 0) is 39.9 Å². The van der Waals surface area contributed by atoms with E-state index in [9.17, 15) is 4.79 Å². The van der Waals surface area contributed by atoms with Gasteiger partial charge in [-0.15, -0.1) is 0 Å². The number of nitrogens with zero attached hydrogens (tertiary/aromatic N) is 1. The number of nitrogens with two attached hydrogens (primary N) is 1. The fourth-order valence-corrected chi connectivity index (χ4v) is 1.82. The molecule has 0 radical (unpaired) electrons. The summed E-state index contributed by atoms with van der Waals surface area (Å²) in [6, 6.07) is 0.0597. The summed E-state index contributed by atoms with van der Waals surface area (Å²) >= 11 is 0. The second-order valence-corrected chi connectivity index (χ2v) is 4.69. The van der Waals surface area contributed by atoms with Crippen LogP contribution < -0.4 is 11.1 Å². The first kappa shape index (κ1) is 13.2. The van der Waals surface area contributed by atoms with E-state index in [4.69, 9.17) is 5.73 Å². The van der Waals surface area contributed by atoms with Crippen molar-refractivity contribution in [3.8, 4) is 0 Å². The Morgan fingerprint density at radius 1 is 1.44 bits per heavy atom. The van der Waals surface area contributed by atoms with Gasteiger partial charge >= 0.3 is 0 Å². The van der Waals surface area contributed by atoms with Gasteiger partial charge in [0.15, 0.2) is 0 Å². The maximum Gasteiger partial charge on any atom is 0.226 e. The standard InChI is InChI=1S/C12H23N3O/c1-15(2)8-4-3-7-14-12(16)10-5-6-11(13)9-10/h5-6,10-11H,3-4,7-9,13H2,1-2H3,(H,14,16). The molecule has 1 amide bonds. The minimum Gasteiger partial charge on any atom is -0.356 e. The average molecular weight is 225 g/mol. The lowest BCUT2D eigenvalue weighted by molar-refractivity contribution is -0.123. The third kappa shape index (κ3) is 4.77. The van der Waals surface area contributed by atoms with Crippen molar-refractivity contribution in [3.63, 3.8) is 0 Å². The minimum atomic E-state index is -0.0103. The fraction of sp³-hybridized carbons (Fsp3) is 0.750. The molecule has 0 fully saturated rings. The minimum absolute atomic E-state index is 0.0103. The van der Waals surface area contributed by atoms with Gasteiger partial charge in [0.2, 0.25) is 5.91 Å². The molecule has 4 nitrogen and oxygen atoms in total. The molecule has 0 bridgehead atoms. The van der Waals surface area contributed by atoms with Crippen molar-refractivity contribution in [3.05, 3.63) is 12.2 Å². The maximum absolute atomic E-state index is 11.7. The number of rotatable bonds is 6. The van der Waals surface area contributed by atoms with Crippen molar-refractivity contribution >= 4 is 5.91 Å². The number of hydrogen-bond acceptors (Lipinski definition) is 3. The largest absolute Gasteiger partial charge is 0.356 e.